The second-order valence-electron chi connectivity index (χ2n) is 3.67. The molecule has 18 heavy (non-hydrogen) atoms. The predicted molar refractivity (Wildman–Crippen MR) is 62.4 cm³/mol. The Morgan fingerprint density at radius 3 is 2.78 bits per heavy atom. The smallest absolute Gasteiger partial charge is 0.358 e. The van der Waals surface area contributed by atoms with Gasteiger partial charge in [0.1, 0.15) is 6.33 Å². The number of aryl methyl sites for hydroxylation is 2. The van der Waals surface area contributed by atoms with E-state index in [2.05, 4.69) is 20.2 Å². The molecule has 0 spiro atoms. The number of nitrogens with zero attached hydrogens (tertiary/aromatic N) is 5. The van der Waals surface area contributed by atoms with Crippen molar-refractivity contribution in [3.8, 4) is 5.95 Å². The first-order valence-electron chi connectivity index (χ1n) is 5.51. The molecular formula is C11H13N5O2. The molecule has 0 saturated carbocycles. The molecule has 0 fully saturated rings. The summed E-state index contributed by atoms with van der Waals surface area (Å²) in [6.07, 6.45) is 2.97. The number of aromatic nitrogens is 5. The number of esters is 1. The molecule has 7 nitrogen and oxygen atoms in total. The van der Waals surface area contributed by atoms with E-state index in [1.165, 1.54) is 17.1 Å². The van der Waals surface area contributed by atoms with Crippen LogP contribution in [0.5, 0.6) is 0 Å². The summed E-state index contributed by atoms with van der Waals surface area (Å²) in [7, 11) is 0. The number of hydrogen-bond acceptors (Lipinski definition) is 6. The summed E-state index contributed by atoms with van der Waals surface area (Å²) < 4.78 is 6.38. The van der Waals surface area contributed by atoms with Crippen LogP contribution in [-0.2, 0) is 4.74 Å². The molecule has 0 aliphatic heterocycles. The maximum absolute atomic E-state index is 11.5. The van der Waals surface area contributed by atoms with Crippen molar-refractivity contribution in [1.29, 1.82) is 0 Å². The van der Waals surface area contributed by atoms with Gasteiger partial charge in [-0.05, 0) is 20.8 Å². The van der Waals surface area contributed by atoms with Crippen molar-refractivity contribution in [2.75, 3.05) is 6.61 Å². The van der Waals surface area contributed by atoms with Gasteiger partial charge in [0.05, 0.1) is 18.0 Å². The highest BCUT2D eigenvalue weighted by molar-refractivity contribution is 5.86. The lowest BCUT2D eigenvalue weighted by Crippen LogP contribution is -2.06. The molecule has 2 aromatic heterocycles. The Morgan fingerprint density at radius 2 is 2.11 bits per heavy atom. The monoisotopic (exact) mass is 247 g/mol. The van der Waals surface area contributed by atoms with Crippen molar-refractivity contribution >= 4 is 5.97 Å². The van der Waals surface area contributed by atoms with Gasteiger partial charge in [0, 0.05) is 6.20 Å². The molecule has 0 N–H and O–H groups in total. The molecule has 0 amide bonds. The zero-order valence-electron chi connectivity index (χ0n) is 10.4. The topological polar surface area (TPSA) is 82.8 Å². The summed E-state index contributed by atoms with van der Waals surface area (Å²) in [6.45, 7) is 5.73. The average Bonchev–Trinajstić information content (AvgIpc) is 2.82. The molecule has 7 heteroatoms. The summed E-state index contributed by atoms with van der Waals surface area (Å²) in [5, 5.41) is 7.91. The largest absolute Gasteiger partial charge is 0.461 e. The number of hydrogen-bond donors (Lipinski definition) is 0. The van der Waals surface area contributed by atoms with Crippen LogP contribution in [0.2, 0.25) is 0 Å². The summed E-state index contributed by atoms with van der Waals surface area (Å²) in [5.74, 6) is -0.0887. The number of carbonyl (C=O) groups is 1. The molecule has 0 aliphatic carbocycles. The summed E-state index contributed by atoms with van der Waals surface area (Å²) >= 11 is 0. The van der Waals surface area contributed by atoms with E-state index in [9.17, 15) is 4.79 Å². The van der Waals surface area contributed by atoms with Crippen molar-refractivity contribution in [2.24, 2.45) is 0 Å². The van der Waals surface area contributed by atoms with Gasteiger partial charge in [0.2, 0.25) is 0 Å². The van der Waals surface area contributed by atoms with Crippen molar-refractivity contribution in [1.82, 2.24) is 24.7 Å². The molecule has 0 unspecified atom stereocenters. The molecule has 2 aromatic rings. The van der Waals surface area contributed by atoms with Crippen molar-refractivity contribution < 1.29 is 9.53 Å². The lowest BCUT2D eigenvalue weighted by molar-refractivity contribution is 0.0520. The minimum absolute atomic E-state index is 0.221. The third kappa shape index (κ3) is 2.34. The highest BCUT2D eigenvalue weighted by atomic mass is 16.5. The third-order valence-corrected chi connectivity index (χ3v) is 2.38. The van der Waals surface area contributed by atoms with Gasteiger partial charge in [0.25, 0.3) is 5.95 Å². The van der Waals surface area contributed by atoms with Crippen LogP contribution in [0.1, 0.15) is 28.8 Å². The van der Waals surface area contributed by atoms with Gasteiger partial charge in [0.15, 0.2) is 5.69 Å². The number of carbonyl (C=O) groups excluding carboxylic acids is 1. The van der Waals surface area contributed by atoms with Crippen molar-refractivity contribution in [3.05, 3.63) is 29.6 Å². The van der Waals surface area contributed by atoms with Crippen molar-refractivity contribution in [3.63, 3.8) is 0 Å². The second-order valence-corrected chi connectivity index (χ2v) is 3.67. The van der Waals surface area contributed by atoms with Crippen LogP contribution >= 0.6 is 0 Å². The first-order valence-corrected chi connectivity index (χ1v) is 5.51. The van der Waals surface area contributed by atoms with Crippen LogP contribution < -0.4 is 0 Å². The number of imidazole rings is 1. The van der Waals surface area contributed by atoms with Gasteiger partial charge >= 0.3 is 5.97 Å². The fourth-order valence-electron chi connectivity index (χ4n) is 1.30. The van der Waals surface area contributed by atoms with E-state index in [1.54, 1.807) is 6.92 Å². The second kappa shape index (κ2) is 4.91. The predicted octanol–water partition coefficient (Wildman–Crippen LogP) is 0.851. The normalized spacial score (nSPS) is 10.4. The van der Waals surface area contributed by atoms with Crippen LogP contribution in [0.4, 0.5) is 0 Å². The lowest BCUT2D eigenvalue weighted by atomic mass is 10.4. The van der Waals surface area contributed by atoms with Crippen LogP contribution in [0, 0.1) is 13.8 Å². The van der Waals surface area contributed by atoms with Crippen LogP contribution in [0.3, 0.4) is 0 Å². The van der Waals surface area contributed by atoms with Gasteiger partial charge < -0.3 is 4.74 Å². The first kappa shape index (κ1) is 12.2. The zero-order chi connectivity index (χ0) is 13.1. The molecule has 2 rings (SSSR count). The molecule has 2 heterocycles. The highest BCUT2D eigenvalue weighted by Gasteiger charge is 2.12. The van der Waals surface area contributed by atoms with E-state index >= 15 is 0 Å². The third-order valence-electron chi connectivity index (χ3n) is 2.38. The Labute approximate surface area is 104 Å². The van der Waals surface area contributed by atoms with Gasteiger partial charge in [-0.2, -0.15) is 5.10 Å². The van der Waals surface area contributed by atoms with Crippen molar-refractivity contribution in [2.45, 2.75) is 20.8 Å². The molecule has 0 aromatic carbocycles. The van der Waals surface area contributed by atoms with Gasteiger partial charge in [-0.1, -0.05) is 0 Å². The van der Waals surface area contributed by atoms with E-state index in [0.29, 0.717) is 12.6 Å². The zero-order valence-corrected chi connectivity index (χ0v) is 10.4. The Bertz CT molecular complexity index is 579. The Balaban J connectivity index is 2.29. The summed E-state index contributed by atoms with van der Waals surface area (Å²) in [6, 6.07) is 0. The van der Waals surface area contributed by atoms with Crippen LogP contribution in [0.15, 0.2) is 12.5 Å². The van der Waals surface area contributed by atoms with E-state index in [4.69, 9.17) is 4.74 Å². The molecule has 0 aliphatic rings. The van der Waals surface area contributed by atoms with Gasteiger partial charge in [-0.25, -0.2) is 14.8 Å². The quantitative estimate of drug-likeness (QED) is 0.748. The first-order chi connectivity index (χ1) is 8.61. The standard InChI is InChI=1S/C11H13N5O2/c1-4-18-10(17)9-5-16(6-12-9)11-13-7(2)8(3)14-15-11/h5-6H,4H2,1-3H3. The van der Waals surface area contributed by atoms with E-state index < -0.39 is 5.97 Å². The summed E-state index contributed by atoms with van der Waals surface area (Å²) in [4.78, 5) is 19.7. The Hall–Kier alpha value is -2.31. The van der Waals surface area contributed by atoms with E-state index in [1.807, 2.05) is 13.8 Å². The molecule has 94 valence electrons. The number of rotatable bonds is 3. The van der Waals surface area contributed by atoms with E-state index in [-0.39, 0.29) is 5.69 Å². The van der Waals surface area contributed by atoms with E-state index in [0.717, 1.165) is 11.4 Å². The highest BCUT2D eigenvalue weighted by Crippen LogP contribution is 2.06. The summed E-state index contributed by atoms with van der Waals surface area (Å²) in [5.41, 5.74) is 1.77. The van der Waals surface area contributed by atoms with Crippen LogP contribution in [-0.4, -0.2) is 37.3 Å². The van der Waals surface area contributed by atoms with Gasteiger partial charge in [-0.15, -0.1) is 5.10 Å². The van der Waals surface area contributed by atoms with Gasteiger partial charge in [-0.3, -0.25) is 4.57 Å². The lowest BCUT2D eigenvalue weighted by Gasteiger charge is -2.01. The maximum Gasteiger partial charge on any atom is 0.358 e. The SMILES string of the molecule is CCOC(=O)c1cn(-c2nnc(C)c(C)n2)cn1. The Kier molecular flexibility index (Phi) is 3.31. The average molecular weight is 247 g/mol. The maximum atomic E-state index is 11.5. The molecule has 0 radical (unpaired) electrons. The molecule has 0 saturated heterocycles. The molecule has 0 bridgehead atoms. The molecule has 0 atom stereocenters. The minimum Gasteiger partial charge on any atom is -0.461 e. The fraction of sp³-hybridized carbons (Fsp3) is 0.364. The Morgan fingerprint density at radius 1 is 1.33 bits per heavy atom. The number of ether oxygens (including phenoxy) is 1. The molecular weight excluding hydrogens is 234 g/mol. The minimum atomic E-state index is -0.465. The van der Waals surface area contributed by atoms with Crippen LogP contribution in [0.25, 0.3) is 5.95 Å². The fourth-order valence-corrected chi connectivity index (χ4v) is 1.30.